The maximum atomic E-state index is 12.6. The van der Waals surface area contributed by atoms with E-state index in [1.54, 1.807) is 42.6 Å². The molecule has 2 N–H and O–H groups in total. The molecule has 8 heteroatoms. The number of carbonyl (C=O) groups is 2. The van der Waals surface area contributed by atoms with E-state index in [2.05, 4.69) is 15.6 Å². The minimum absolute atomic E-state index is 0.295. The fraction of sp³-hybridized carbons (Fsp3) is 0.292. The molecular formula is C24H24ClN3O4. The lowest BCUT2D eigenvalue weighted by Gasteiger charge is -2.31. The Labute approximate surface area is 191 Å². The number of hydrogen-bond donors (Lipinski definition) is 2. The van der Waals surface area contributed by atoms with Crippen LogP contribution in [0.15, 0.2) is 59.1 Å². The number of ether oxygens (including phenoxy) is 1. The number of rotatable bonds is 5. The van der Waals surface area contributed by atoms with Crippen LogP contribution in [-0.2, 0) is 14.9 Å². The highest BCUT2D eigenvalue weighted by molar-refractivity contribution is 6.30. The molecule has 2 aromatic carbocycles. The summed E-state index contributed by atoms with van der Waals surface area (Å²) in [5, 5.41) is 6.05. The second-order valence-electron chi connectivity index (χ2n) is 7.83. The van der Waals surface area contributed by atoms with Crippen LogP contribution in [0.1, 0.15) is 38.0 Å². The smallest absolute Gasteiger partial charge is 0.323 e. The number of hydrogen-bond acceptors (Lipinski definition) is 5. The monoisotopic (exact) mass is 453 g/mol. The van der Waals surface area contributed by atoms with E-state index in [1.165, 1.54) is 7.11 Å². The van der Waals surface area contributed by atoms with Crippen molar-refractivity contribution in [3.05, 3.63) is 65.6 Å². The first-order valence-corrected chi connectivity index (χ1v) is 10.9. The number of aromatic nitrogens is 1. The second kappa shape index (κ2) is 9.44. The number of oxazole rings is 1. The summed E-state index contributed by atoms with van der Waals surface area (Å²) in [6.45, 7) is 0. The van der Waals surface area contributed by atoms with Gasteiger partial charge in [-0.25, -0.2) is 9.78 Å². The molecule has 166 valence electrons. The summed E-state index contributed by atoms with van der Waals surface area (Å²) in [6.07, 6.45) is 5.93. The van der Waals surface area contributed by atoms with Gasteiger partial charge in [0, 0.05) is 22.0 Å². The number of nitrogens with zero attached hydrogens (tertiary/aromatic N) is 1. The number of anilines is 2. The van der Waals surface area contributed by atoms with E-state index in [9.17, 15) is 9.59 Å². The van der Waals surface area contributed by atoms with Crippen molar-refractivity contribution in [2.45, 2.75) is 37.5 Å². The van der Waals surface area contributed by atoms with Gasteiger partial charge in [0.15, 0.2) is 5.76 Å². The molecule has 0 saturated heterocycles. The van der Waals surface area contributed by atoms with Crippen LogP contribution in [0.25, 0.3) is 11.3 Å². The number of esters is 1. The van der Waals surface area contributed by atoms with Crippen molar-refractivity contribution in [1.29, 1.82) is 0 Å². The Hall–Kier alpha value is -3.32. The van der Waals surface area contributed by atoms with Crippen LogP contribution in [0.4, 0.5) is 16.2 Å². The zero-order valence-corrected chi connectivity index (χ0v) is 18.4. The molecule has 3 aromatic rings. The van der Waals surface area contributed by atoms with Crippen LogP contribution in [0.2, 0.25) is 5.02 Å². The molecule has 4 rings (SSSR count). The third kappa shape index (κ3) is 4.62. The van der Waals surface area contributed by atoms with E-state index >= 15 is 0 Å². The predicted molar refractivity (Wildman–Crippen MR) is 123 cm³/mol. The summed E-state index contributed by atoms with van der Waals surface area (Å²) >= 11 is 5.94. The molecule has 1 saturated carbocycles. The number of carbonyl (C=O) groups excluding carboxylic acids is 2. The van der Waals surface area contributed by atoms with Gasteiger partial charge in [0.1, 0.15) is 5.41 Å². The maximum Gasteiger partial charge on any atom is 0.323 e. The average Bonchev–Trinajstić information content (AvgIpc) is 3.30. The molecule has 0 unspecified atom stereocenters. The third-order valence-electron chi connectivity index (χ3n) is 5.71. The highest BCUT2D eigenvalue weighted by atomic mass is 35.5. The quantitative estimate of drug-likeness (QED) is 0.461. The van der Waals surface area contributed by atoms with E-state index in [0.717, 1.165) is 24.8 Å². The lowest BCUT2D eigenvalue weighted by atomic mass is 9.74. The summed E-state index contributed by atoms with van der Waals surface area (Å²) in [7, 11) is 1.40. The minimum atomic E-state index is -0.814. The molecule has 7 nitrogen and oxygen atoms in total. The Morgan fingerprint density at radius 3 is 2.44 bits per heavy atom. The molecule has 0 atom stereocenters. The minimum Gasteiger partial charge on any atom is -0.468 e. The van der Waals surface area contributed by atoms with Crippen molar-refractivity contribution in [3.8, 4) is 11.3 Å². The van der Waals surface area contributed by atoms with E-state index in [1.807, 2.05) is 12.1 Å². The molecular weight excluding hydrogens is 430 g/mol. The Balaban J connectivity index is 1.46. The van der Waals surface area contributed by atoms with Gasteiger partial charge >= 0.3 is 12.0 Å². The summed E-state index contributed by atoms with van der Waals surface area (Å²) in [5.74, 6) is 0.668. The third-order valence-corrected chi connectivity index (χ3v) is 5.94. The van der Waals surface area contributed by atoms with Crippen molar-refractivity contribution >= 4 is 35.0 Å². The zero-order valence-electron chi connectivity index (χ0n) is 17.7. The average molecular weight is 454 g/mol. The summed E-state index contributed by atoms with van der Waals surface area (Å²) in [4.78, 5) is 29.2. The van der Waals surface area contributed by atoms with Crippen LogP contribution >= 0.6 is 11.6 Å². The highest BCUT2D eigenvalue weighted by Gasteiger charge is 2.46. The number of urea groups is 1. The van der Waals surface area contributed by atoms with Gasteiger partial charge in [-0.05, 0) is 55.3 Å². The van der Waals surface area contributed by atoms with Crippen molar-refractivity contribution < 1.29 is 18.7 Å². The number of methoxy groups -OCH3 is 1. The van der Waals surface area contributed by atoms with E-state index in [4.69, 9.17) is 20.8 Å². The van der Waals surface area contributed by atoms with Crippen LogP contribution in [0.5, 0.6) is 0 Å². The Morgan fingerprint density at radius 1 is 1.03 bits per heavy atom. The zero-order chi connectivity index (χ0) is 22.6. The van der Waals surface area contributed by atoms with Gasteiger partial charge in [-0.1, -0.05) is 36.9 Å². The molecule has 0 radical (unpaired) electrons. The van der Waals surface area contributed by atoms with Crippen LogP contribution in [-0.4, -0.2) is 24.1 Å². The molecule has 0 spiro atoms. The highest BCUT2D eigenvalue weighted by Crippen LogP contribution is 2.41. The SMILES string of the molecule is COC(=O)C1(c2ncc(-c3ccc(NC(=O)Nc4cccc(Cl)c4)cc3)o2)CCCCC1. The van der Waals surface area contributed by atoms with Gasteiger partial charge in [0.05, 0.1) is 13.3 Å². The lowest BCUT2D eigenvalue weighted by Crippen LogP contribution is -2.39. The fourth-order valence-electron chi connectivity index (χ4n) is 4.06. The first kappa shape index (κ1) is 21.9. The maximum absolute atomic E-state index is 12.6. The number of nitrogens with one attached hydrogen (secondary N) is 2. The molecule has 2 amide bonds. The number of amides is 2. The number of halogens is 1. The lowest BCUT2D eigenvalue weighted by molar-refractivity contribution is -0.150. The predicted octanol–water partition coefficient (Wildman–Crippen LogP) is 6.01. The van der Waals surface area contributed by atoms with E-state index in [-0.39, 0.29) is 12.0 Å². The molecule has 32 heavy (non-hydrogen) atoms. The summed E-state index contributed by atoms with van der Waals surface area (Å²) < 4.78 is 11.1. The van der Waals surface area contributed by atoms with Crippen LogP contribution in [0, 0.1) is 0 Å². The van der Waals surface area contributed by atoms with Gasteiger partial charge in [0.25, 0.3) is 0 Å². The first-order valence-electron chi connectivity index (χ1n) is 10.5. The van der Waals surface area contributed by atoms with Gasteiger partial charge in [-0.15, -0.1) is 0 Å². The fourth-order valence-corrected chi connectivity index (χ4v) is 4.25. The molecule has 1 aliphatic rings. The van der Waals surface area contributed by atoms with Crippen LogP contribution < -0.4 is 10.6 Å². The van der Waals surface area contributed by atoms with Gasteiger partial charge in [-0.3, -0.25) is 4.79 Å². The van der Waals surface area contributed by atoms with E-state index < -0.39 is 5.41 Å². The standard InChI is InChI=1S/C24H24ClN3O4/c1-31-22(29)24(12-3-2-4-13-24)21-26-15-20(32-21)16-8-10-18(11-9-16)27-23(30)28-19-7-5-6-17(25)14-19/h5-11,14-15H,2-4,12-13H2,1H3,(H2,27,28,30). The van der Waals surface area contributed by atoms with Crippen LogP contribution in [0.3, 0.4) is 0 Å². The Morgan fingerprint density at radius 2 is 1.75 bits per heavy atom. The molecule has 0 aliphatic heterocycles. The van der Waals surface area contributed by atoms with Gasteiger partial charge in [-0.2, -0.15) is 0 Å². The Kier molecular flexibility index (Phi) is 6.46. The van der Waals surface area contributed by atoms with Gasteiger partial charge < -0.3 is 19.8 Å². The molecule has 1 fully saturated rings. The van der Waals surface area contributed by atoms with Crippen molar-refractivity contribution in [2.75, 3.05) is 17.7 Å². The van der Waals surface area contributed by atoms with Crippen molar-refractivity contribution in [3.63, 3.8) is 0 Å². The normalized spacial score (nSPS) is 15.1. The first-order chi connectivity index (χ1) is 15.5. The molecule has 0 bridgehead atoms. The summed E-state index contributed by atoms with van der Waals surface area (Å²) in [5.41, 5.74) is 1.19. The second-order valence-corrected chi connectivity index (χ2v) is 8.27. The number of benzene rings is 2. The molecule has 1 aliphatic carbocycles. The van der Waals surface area contributed by atoms with Gasteiger partial charge in [0.2, 0.25) is 5.89 Å². The topological polar surface area (TPSA) is 93.5 Å². The largest absolute Gasteiger partial charge is 0.468 e. The van der Waals surface area contributed by atoms with E-state index in [0.29, 0.717) is 40.9 Å². The van der Waals surface area contributed by atoms with Crippen molar-refractivity contribution in [2.24, 2.45) is 0 Å². The summed E-state index contributed by atoms with van der Waals surface area (Å²) in [6, 6.07) is 13.7. The Bertz CT molecular complexity index is 1100. The van der Waals surface area contributed by atoms with Crippen molar-refractivity contribution in [1.82, 2.24) is 4.98 Å². The molecule has 1 aromatic heterocycles. The molecule has 1 heterocycles.